The van der Waals surface area contributed by atoms with Gasteiger partial charge in [-0.3, -0.25) is 4.68 Å². The Morgan fingerprint density at radius 3 is 2.71 bits per heavy atom. The molecule has 6 nitrogen and oxygen atoms in total. The van der Waals surface area contributed by atoms with Crippen LogP contribution in [-0.4, -0.2) is 19.9 Å². The third-order valence-corrected chi connectivity index (χ3v) is 3.69. The van der Waals surface area contributed by atoms with Gasteiger partial charge in [0, 0.05) is 12.6 Å². The molecule has 0 radical (unpaired) electrons. The molecule has 1 aromatic carbocycles. The first-order valence-corrected chi connectivity index (χ1v) is 6.53. The highest BCUT2D eigenvalue weighted by molar-refractivity contribution is 9.10. The number of nitrogen functional groups attached to an aromatic ring is 1. The van der Waals surface area contributed by atoms with Crippen LogP contribution in [0.5, 0.6) is 0 Å². The van der Waals surface area contributed by atoms with E-state index in [0.717, 1.165) is 6.07 Å². The van der Waals surface area contributed by atoms with Crippen molar-refractivity contribution in [3.8, 4) is 22.8 Å². The van der Waals surface area contributed by atoms with Crippen molar-refractivity contribution in [1.29, 1.82) is 0 Å². The minimum Gasteiger partial charge on any atom is -0.383 e. The van der Waals surface area contributed by atoms with Crippen molar-refractivity contribution in [2.75, 3.05) is 5.73 Å². The molecule has 0 aliphatic carbocycles. The molecule has 2 aromatic heterocycles. The van der Waals surface area contributed by atoms with Crippen molar-refractivity contribution in [3.05, 3.63) is 34.4 Å². The Hall–Kier alpha value is -2.29. The molecule has 3 rings (SSSR count). The molecule has 2 N–H and O–H groups in total. The summed E-state index contributed by atoms with van der Waals surface area (Å²) >= 11 is 2.97. The predicted octanol–water partition coefficient (Wildman–Crippen LogP) is 2.76. The predicted molar refractivity (Wildman–Crippen MR) is 74.0 cm³/mol. The second kappa shape index (κ2) is 4.92. The maximum atomic E-state index is 13.5. The molecule has 0 unspecified atom stereocenters. The first-order valence-electron chi connectivity index (χ1n) is 5.74. The zero-order valence-corrected chi connectivity index (χ0v) is 12.2. The summed E-state index contributed by atoms with van der Waals surface area (Å²) in [7, 11) is 1.67. The number of hydrogen-bond acceptors (Lipinski definition) is 5. The first kappa shape index (κ1) is 13.7. The standard InChI is InChI=1S/C12H8BrF2N5O/c1-20-10(16)6(4-17-20)12-18-11(19-21-12)5-2-3-7(14)9(15)8(5)13/h2-4H,16H2,1H3. The minimum absolute atomic E-state index is 0.0750. The first-order chi connectivity index (χ1) is 9.99. The molecule has 2 heterocycles. The van der Waals surface area contributed by atoms with E-state index in [0.29, 0.717) is 11.4 Å². The molecule has 0 bridgehead atoms. The van der Waals surface area contributed by atoms with Gasteiger partial charge in [0.25, 0.3) is 5.89 Å². The average molecular weight is 356 g/mol. The van der Waals surface area contributed by atoms with Gasteiger partial charge in [-0.1, -0.05) is 5.16 Å². The van der Waals surface area contributed by atoms with Gasteiger partial charge in [0.15, 0.2) is 11.6 Å². The maximum absolute atomic E-state index is 13.5. The van der Waals surface area contributed by atoms with Gasteiger partial charge in [-0.2, -0.15) is 10.1 Å². The molecule has 0 spiro atoms. The summed E-state index contributed by atoms with van der Waals surface area (Å²) in [6.45, 7) is 0. The Labute approximate surface area is 125 Å². The summed E-state index contributed by atoms with van der Waals surface area (Å²) < 4.78 is 33.1. The molecular formula is C12H8BrF2N5O. The molecule has 0 saturated heterocycles. The van der Waals surface area contributed by atoms with Crippen LogP contribution in [0.3, 0.4) is 0 Å². The summed E-state index contributed by atoms with van der Waals surface area (Å²) in [5.41, 5.74) is 6.55. The number of hydrogen-bond donors (Lipinski definition) is 1. The molecule has 21 heavy (non-hydrogen) atoms. The third kappa shape index (κ3) is 2.19. The minimum atomic E-state index is -1.01. The van der Waals surface area contributed by atoms with Crippen LogP contribution in [0.15, 0.2) is 27.3 Å². The van der Waals surface area contributed by atoms with Gasteiger partial charge >= 0.3 is 0 Å². The molecule has 0 atom stereocenters. The molecule has 0 amide bonds. The molecule has 9 heteroatoms. The maximum Gasteiger partial charge on any atom is 0.263 e. The summed E-state index contributed by atoms with van der Waals surface area (Å²) in [5.74, 6) is -1.37. The van der Waals surface area contributed by atoms with Crippen LogP contribution in [0.2, 0.25) is 0 Å². The van der Waals surface area contributed by atoms with Crippen molar-refractivity contribution < 1.29 is 13.3 Å². The number of anilines is 1. The quantitative estimate of drug-likeness (QED) is 0.714. The number of halogens is 3. The SMILES string of the molecule is Cn1ncc(-c2nc(-c3ccc(F)c(F)c3Br)no2)c1N. The van der Waals surface area contributed by atoms with E-state index in [1.807, 2.05) is 0 Å². The summed E-state index contributed by atoms with van der Waals surface area (Å²) in [4.78, 5) is 4.13. The Kier molecular flexibility index (Phi) is 3.20. The number of benzene rings is 1. The highest BCUT2D eigenvalue weighted by atomic mass is 79.9. The number of rotatable bonds is 2. The fourth-order valence-corrected chi connectivity index (χ4v) is 2.25. The van der Waals surface area contributed by atoms with E-state index in [4.69, 9.17) is 10.3 Å². The molecule has 0 aliphatic heterocycles. The van der Waals surface area contributed by atoms with Gasteiger partial charge in [-0.05, 0) is 28.1 Å². The van der Waals surface area contributed by atoms with Gasteiger partial charge in [-0.15, -0.1) is 0 Å². The Bertz CT molecular complexity index is 829. The smallest absolute Gasteiger partial charge is 0.263 e. The molecule has 0 saturated carbocycles. The fourth-order valence-electron chi connectivity index (χ4n) is 1.75. The number of nitrogens with two attached hydrogens (primary N) is 1. The molecule has 3 aromatic rings. The molecule has 108 valence electrons. The van der Waals surface area contributed by atoms with Crippen LogP contribution in [0, 0.1) is 11.6 Å². The average Bonchev–Trinajstić information content (AvgIpc) is 3.05. The Morgan fingerprint density at radius 2 is 2.05 bits per heavy atom. The number of aryl methyl sites for hydroxylation is 1. The molecular weight excluding hydrogens is 348 g/mol. The highest BCUT2D eigenvalue weighted by Crippen LogP contribution is 2.32. The number of nitrogens with zero attached hydrogens (tertiary/aromatic N) is 4. The lowest BCUT2D eigenvalue weighted by molar-refractivity contribution is 0.432. The van der Waals surface area contributed by atoms with E-state index in [-0.39, 0.29) is 21.8 Å². The van der Waals surface area contributed by atoms with E-state index >= 15 is 0 Å². The van der Waals surface area contributed by atoms with Gasteiger partial charge in [0.1, 0.15) is 11.4 Å². The highest BCUT2D eigenvalue weighted by Gasteiger charge is 2.19. The van der Waals surface area contributed by atoms with Crippen molar-refractivity contribution >= 4 is 21.7 Å². The normalized spacial score (nSPS) is 11.0. The monoisotopic (exact) mass is 355 g/mol. The lowest BCUT2D eigenvalue weighted by Crippen LogP contribution is -1.98. The zero-order valence-electron chi connectivity index (χ0n) is 10.6. The van der Waals surface area contributed by atoms with Crippen molar-refractivity contribution in [3.63, 3.8) is 0 Å². The zero-order chi connectivity index (χ0) is 15.1. The van der Waals surface area contributed by atoms with E-state index in [1.54, 1.807) is 7.05 Å². The van der Waals surface area contributed by atoms with Gasteiger partial charge in [0.05, 0.1) is 10.7 Å². The van der Waals surface area contributed by atoms with Crippen LogP contribution in [0.1, 0.15) is 0 Å². The van der Waals surface area contributed by atoms with Crippen molar-refractivity contribution in [1.82, 2.24) is 19.9 Å². The van der Waals surface area contributed by atoms with E-state index < -0.39 is 11.6 Å². The van der Waals surface area contributed by atoms with Crippen LogP contribution >= 0.6 is 15.9 Å². The fraction of sp³-hybridized carbons (Fsp3) is 0.0833. The van der Waals surface area contributed by atoms with E-state index in [1.165, 1.54) is 16.9 Å². The van der Waals surface area contributed by atoms with Crippen LogP contribution < -0.4 is 5.73 Å². The molecule has 0 fully saturated rings. The van der Waals surface area contributed by atoms with E-state index in [9.17, 15) is 8.78 Å². The van der Waals surface area contributed by atoms with Crippen molar-refractivity contribution in [2.45, 2.75) is 0 Å². The van der Waals surface area contributed by atoms with Gasteiger partial charge in [-0.25, -0.2) is 8.78 Å². The Balaban J connectivity index is 2.07. The molecule has 0 aliphatic rings. The van der Waals surface area contributed by atoms with Crippen molar-refractivity contribution in [2.24, 2.45) is 7.05 Å². The second-order valence-corrected chi connectivity index (χ2v) is 5.01. The van der Waals surface area contributed by atoms with E-state index in [2.05, 4.69) is 31.2 Å². The van der Waals surface area contributed by atoms with Crippen LogP contribution in [0.4, 0.5) is 14.6 Å². The topological polar surface area (TPSA) is 82.8 Å². The third-order valence-electron chi connectivity index (χ3n) is 2.92. The lowest BCUT2D eigenvalue weighted by atomic mass is 10.2. The van der Waals surface area contributed by atoms with Crippen LogP contribution in [-0.2, 0) is 7.05 Å². The second-order valence-electron chi connectivity index (χ2n) is 4.21. The largest absolute Gasteiger partial charge is 0.383 e. The summed E-state index contributed by atoms with van der Waals surface area (Å²) in [5, 5.41) is 7.71. The summed E-state index contributed by atoms with van der Waals surface area (Å²) in [6.07, 6.45) is 1.48. The van der Waals surface area contributed by atoms with Gasteiger partial charge in [0.2, 0.25) is 5.82 Å². The summed E-state index contributed by atoms with van der Waals surface area (Å²) in [6, 6.07) is 2.34. The lowest BCUT2D eigenvalue weighted by Gasteiger charge is -2.01. The number of aromatic nitrogens is 4. The Morgan fingerprint density at radius 1 is 1.29 bits per heavy atom. The van der Waals surface area contributed by atoms with Crippen LogP contribution in [0.25, 0.3) is 22.8 Å². The van der Waals surface area contributed by atoms with Gasteiger partial charge < -0.3 is 10.3 Å².